The molecule has 2 aromatic heterocycles. The zero-order valence-corrected chi connectivity index (χ0v) is 9.84. The first kappa shape index (κ1) is 10.6. The number of aromatic amines is 1. The summed E-state index contributed by atoms with van der Waals surface area (Å²) in [4.78, 5) is 4.19. The molecule has 5 nitrogen and oxygen atoms in total. The summed E-state index contributed by atoms with van der Waals surface area (Å²) in [6.45, 7) is 0. The summed E-state index contributed by atoms with van der Waals surface area (Å²) in [5.74, 6) is 1.09. The van der Waals surface area contributed by atoms with E-state index < -0.39 is 0 Å². The van der Waals surface area contributed by atoms with Crippen LogP contribution in [0.15, 0.2) is 36.5 Å². The molecule has 0 aliphatic carbocycles. The maximum Gasteiger partial charge on any atom is 0.221 e. The standard InChI is InChI=1S/C13H12N4O/c1-18-13-10-6-9(11-7-12(14)17-16-11)3-2-8(10)4-5-15-13/h2-7H,1H3,(H3,14,16,17). The van der Waals surface area contributed by atoms with Crippen LogP contribution < -0.4 is 10.5 Å². The van der Waals surface area contributed by atoms with Crippen molar-refractivity contribution in [2.24, 2.45) is 0 Å². The largest absolute Gasteiger partial charge is 0.481 e. The third kappa shape index (κ3) is 1.66. The minimum Gasteiger partial charge on any atom is -0.481 e. The lowest BCUT2D eigenvalue weighted by molar-refractivity contribution is 0.403. The van der Waals surface area contributed by atoms with E-state index in [4.69, 9.17) is 10.5 Å². The minimum atomic E-state index is 0.475. The normalized spacial score (nSPS) is 10.7. The SMILES string of the molecule is COc1nccc2ccc(-c3cc(N)n[nH]3)cc12. The smallest absolute Gasteiger partial charge is 0.221 e. The number of pyridine rings is 1. The van der Waals surface area contributed by atoms with Crippen molar-refractivity contribution in [2.45, 2.75) is 0 Å². The summed E-state index contributed by atoms with van der Waals surface area (Å²) in [7, 11) is 1.61. The number of benzene rings is 1. The molecule has 0 amide bonds. The second-order valence-electron chi connectivity index (χ2n) is 3.96. The van der Waals surface area contributed by atoms with Gasteiger partial charge < -0.3 is 10.5 Å². The second kappa shape index (κ2) is 4.03. The molecule has 0 saturated heterocycles. The first-order chi connectivity index (χ1) is 8.78. The Morgan fingerprint density at radius 3 is 2.83 bits per heavy atom. The van der Waals surface area contributed by atoms with Gasteiger partial charge in [0.25, 0.3) is 0 Å². The Labute approximate surface area is 104 Å². The Hall–Kier alpha value is -2.56. The summed E-state index contributed by atoms with van der Waals surface area (Å²) >= 11 is 0. The molecule has 2 heterocycles. The van der Waals surface area contributed by atoms with Crippen LogP contribution in [-0.4, -0.2) is 22.3 Å². The molecule has 0 aliphatic heterocycles. The van der Waals surface area contributed by atoms with Crippen molar-refractivity contribution in [2.75, 3.05) is 12.8 Å². The third-order valence-corrected chi connectivity index (χ3v) is 2.83. The number of fused-ring (bicyclic) bond motifs is 1. The predicted octanol–water partition coefficient (Wildman–Crippen LogP) is 2.22. The quantitative estimate of drug-likeness (QED) is 0.720. The Morgan fingerprint density at radius 2 is 2.11 bits per heavy atom. The van der Waals surface area contributed by atoms with E-state index >= 15 is 0 Å². The lowest BCUT2D eigenvalue weighted by atomic mass is 10.1. The molecule has 3 rings (SSSR count). The molecule has 0 unspecified atom stereocenters. The van der Waals surface area contributed by atoms with E-state index in [9.17, 15) is 0 Å². The van der Waals surface area contributed by atoms with Gasteiger partial charge in [-0.25, -0.2) is 4.98 Å². The summed E-state index contributed by atoms with van der Waals surface area (Å²) in [5, 5.41) is 8.85. The minimum absolute atomic E-state index is 0.475. The molecular formula is C13H12N4O. The van der Waals surface area contributed by atoms with Gasteiger partial charge in [-0.1, -0.05) is 12.1 Å². The zero-order valence-electron chi connectivity index (χ0n) is 9.84. The lowest BCUT2D eigenvalue weighted by Crippen LogP contribution is -1.89. The molecule has 18 heavy (non-hydrogen) atoms. The maximum absolute atomic E-state index is 5.61. The number of ether oxygens (including phenoxy) is 1. The molecule has 3 N–H and O–H groups in total. The second-order valence-corrected chi connectivity index (χ2v) is 3.96. The topological polar surface area (TPSA) is 76.8 Å². The number of nitrogens with two attached hydrogens (primary N) is 1. The molecule has 0 aliphatic rings. The molecule has 0 spiro atoms. The van der Waals surface area contributed by atoms with Gasteiger partial charge >= 0.3 is 0 Å². The highest BCUT2D eigenvalue weighted by molar-refractivity contribution is 5.90. The first-order valence-electron chi connectivity index (χ1n) is 5.52. The number of H-pyrrole nitrogens is 1. The summed E-state index contributed by atoms with van der Waals surface area (Å²) in [6, 6.07) is 9.78. The highest BCUT2D eigenvalue weighted by atomic mass is 16.5. The molecule has 0 saturated carbocycles. The molecule has 0 atom stereocenters. The first-order valence-corrected chi connectivity index (χ1v) is 5.52. The molecule has 1 aromatic carbocycles. The molecule has 90 valence electrons. The van der Waals surface area contributed by atoms with Gasteiger partial charge in [0.2, 0.25) is 5.88 Å². The number of hydrogen-bond acceptors (Lipinski definition) is 4. The lowest BCUT2D eigenvalue weighted by Gasteiger charge is -2.05. The van der Waals surface area contributed by atoms with Gasteiger partial charge in [-0.3, -0.25) is 5.10 Å². The summed E-state index contributed by atoms with van der Waals surface area (Å²) in [5.41, 5.74) is 7.48. The van der Waals surface area contributed by atoms with E-state index in [0.29, 0.717) is 11.7 Å². The number of nitrogen functional groups attached to an aromatic ring is 1. The molecule has 5 heteroatoms. The number of hydrogen-bond donors (Lipinski definition) is 2. The number of methoxy groups -OCH3 is 1. The van der Waals surface area contributed by atoms with Gasteiger partial charge in [0.15, 0.2) is 0 Å². The highest BCUT2D eigenvalue weighted by Crippen LogP contribution is 2.28. The van der Waals surface area contributed by atoms with Crippen molar-refractivity contribution in [3.63, 3.8) is 0 Å². The van der Waals surface area contributed by atoms with Crippen LogP contribution in [0.5, 0.6) is 5.88 Å². The average molecular weight is 240 g/mol. The van der Waals surface area contributed by atoms with Crippen molar-refractivity contribution >= 4 is 16.6 Å². The fourth-order valence-corrected chi connectivity index (χ4v) is 1.96. The van der Waals surface area contributed by atoms with Crippen LogP contribution in [0.2, 0.25) is 0 Å². The van der Waals surface area contributed by atoms with Crippen molar-refractivity contribution in [1.29, 1.82) is 0 Å². The van der Waals surface area contributed by atoms with E-state index in [0.717, 1.165) is 22.0 Å². The van der Waals surface area contributed by atoms with Crippen LogP contribution in [0.4, 0.5) is 5.82 Å². The van der Waals surface area contributed by atoms with Crippen molar-refractivity contribution in [3.05, 3.63) is 36.5 Å². The van der Waals surface area contributed by atoms with Gasteiger partial charge in [0.1, 0.15) is 5.82 Å². The van der Waals surface area contributed by atoms with Crippen LogP contribution in [0.1, 0.15) is 0 Å². The Bertz CT molecular complexity index is 705. The summed E-state index contributed by atoms with van der Waals surface area (Å²) in [6.07, 6.45) is 1.73. The molecule has 3 aromatic rings. The highest BCUT2D eigenvalue weighted by Gasteiger charge is 2.06. The van der Waals surface area contributed by atoms with Crippen molar-refractivity contribution in [3.8, 4) is 17.1 Å². The molecule has 0 fully saturated rings. The molecule has 0 radical (unpaired) electrons. The van der Waals surface area contributed by atoms with E-state index in [1.54, 1.807) is 19.4 Å². The third-order valence-electron chi connectivity index (χ3n) is 2.83. The number of aromatic nitrogens is 3. The number of nitrogens with zero attached hydrogens (tertiary/aromatic N) is 2. The van der Waals surface area contributed by atoms with Crippen LogP contribution in [-0.2, 0) is 0 Å². The van der Waals surface area contributed by atoms with Gasteiger partial charge in [0, 0.05) is 23.2 Å². The maximum atomic E-state index is 5.61. The average Bonchev–Trinajstić information content (AvgIpc) is 2.84. The van der Waals surface area contributed by atoms with Crippen LogP contribution in [0, 0.1) is 0 Å². The Balaban J connectivity index is 2.21. The molecular weight excluding hydrogens is 228 g/mol. The Morgan fingerprint density at radius 1 is 1.22 bits per heavy atom. The van der Waals surface area contributed by atoms with Gasteiger partial charge in [-0.2, -0.15) is 5.10 Å². The van der Waals surface area contributed by atoms with E-state index in [2.05, 4.69) is 15.2 Å². The van der Waals surface area contributed by atoms with Gasteiger partial charge in [0.05, 0.1) is 12.8 Å². The summed E-state index contributed by atoms with van der Waals surface area (Å²) < 4.78 is 5.26. The van der Waals surface area contributed by atoms with Crippen molar-refractivity contribution < 1.29 is 4.74 Å². The zero-order chi connectivity index (χ0) is 12.5. The van der Waals surface area contributed by atoms with Crippen LogP contribution in [0.25, 0.3) is 22.0 Å². The fraction of sp³-hybridized carbons (Fsp3) is 0.0769. The van der Waals surface area contributed by atoms with Crippen LogP contribution >= 0.6 is 0 Å². The van der Waals surface area contributed by atoms with Crippen LogP contribution in [0.3, 0.4) is 0 Å². The monoisotopic (exact) mass is 240 g/mol. The number of nitrogens with one attached hydrogen (secondary N) is 1. The number of anilines is 1. The fourth-order valence-electron chi connectivity index (χ4n) is 1.96. The van der Waals surface area contributed by atoms with Gasteiger partial charge in [-0.15, -0.1) is 0 Å². The predicted molar refractivity (Wildman–Crippen MR) is 70.3 cm³/mol. The van der Waals surface area contributed by atoms with Crippen molar-refractivity contribution in [1.82, 2.24) is 15.2 Å². The molecule has 0 bridgehead atoms. The number of rotatable bonds is 2. The van der Waals surface area contributed by atoms with Gasteiger partial charge in [-0.05, 0) is 17.5 Å². The van der Waals surface area contributed by atoms with E-state index in [1.165, 1.54) is 0 Å². The van der Waals surface area contributed by atoms with E-state index in [1.807, 2.05) is 24.3 Å². The van der Waals surface area contributed by atoms with E-state index in [-0.39, 0.29) is 0 Å². The Kier molecular flexibility index (Phi) is 2.37.